The molecule has 0 aliphatic carbocycles. The van der Waals surface area contributed by atoms with Crippen LogP contribution in [0.5, 0.6) is 0 Å². The molecule has 0 unspecified atom stereocenters. The van der Waals surface area contributed by atoms with Gasteiger partial charge in [0.15, 0.2) is 5.11 Å². The molecule has 6 nitrogen and oxygen atoms in total. The van der Waals surface area contributed by atoms with Crippen LogP contribution in [0.4, 0.5) is 0 Å². The highest BCUT2D eigenvalue weighted by atomic mass is 32.1. The van der Waals surface area contributed by atoms with Crippen molar-refractivity contribution in [3.63, 3.8) is 0 Å². The largest absolute Gasteiger partial charge is 0.467 e. The van der Waals surface area contributed by atoms with E-state index in [1.165, 1.54) is 0 Å². The van der Waals surface area contributed by atoms with Gasteiger partial charge in [0.05, 0.1) is 19.4 Å². The maximum absolute atomic E-state index is 12.8. The van der Waals surface area contributed by atoms with Crippen molar-refractivity contribution in [1.29, 1.82) is 0 Å². The summed E-state index contributed by atoms with van der Waals surface area (Å²) in [6.45, 7) is 12.9. The van der Waals surface area contributed by atoms with Crippen molar-refractivity contribution in [3.8, 4) is 0 Å². The molecule has 2 N–H and O–H groups in total. The van der Waals surface area contributed by atoms with Crippen LogP contribution in [0, 0.1) is 13.8 Å². The monoisotopic (exact) mass is 440 g/mol. The second kappa shape index (κ2) is 10.6. The standard InChI is InChI=1S/C24H32N4O2S/c1-5-27(6-2)9-10-28(24(31)25-15-20-8-7-11-30-20)16-19-14-21-18(4)12-17(3)13-22(21)26-23(19)29/h7-8,11-14H,5-6,9-10,15-16H2,1-4H3,(H,25,31)(H,26,29). The first-order valence-corrected chi connectivity index (χ1v) is 11.2. The first kappa shape index (κ1) is 23.0. The van der Waals surface area contributed by atoms with Gasteiger partial charge < -0.3 is 24.5 Å². The number of pyridine rings is 1. The lowest BCUT2D eigenvalue weighted by Gasteiger charge is -2.28. The third-order valence-corrected chi connectivity index (χ3v) is 6.02. The number of aromatic amines is 1. The van der Waals surface area contributed by atoms with E-state index in [2.05, 4.69) is 46.9 Å². The van der Waals surface area contributed by atoms with Crippen molar-refractivity contribution in [2.45, 2.75) is 40.8 Å². The molecule has 3 rings (SSSR count). The molecule has 1 aromatic carbocycles. The summed E-state index contributed by atoms with van der Waals surface area (Å²) in [7, 11) is 0. The number of likely N-dealkylation sites (N-methyl/N-ethyl adjacent to an activating group) is 1. The number of benzene rings is 1. The van der Waals surface area contributed by atoms with E-state index in [1.807, 2.05) is 31.2 Å². The van der Waals surface area contributed by atoms with Gasteiger partial charge in [0, 0.05) is 29.6 Å². The number of furan rings is 1. The van der Waals surface area contributed by atoms with Crippen molar-refractivity contribution in [1.82, 2.24) is 20.1 Å². The molecule has 0 aliphatic rings. The molecule has 3 aromatic rings. The number of H-pyrrole nitrogens is 1. The first-order valence-electron chi connectivity index (χ1n) is 10.8. The highest BCUT2D eigenvalue weighted by Crippen LogP contribution is 2.19. The van der Waals surface area contributed by atoms with Gasteiger partial charge in [-0.25, -0.2) is 0 Å². The Morgan fingerprint density at radius 2 is 1.94 bits per heavy atom. The van der Waals surface area contributed by atoms with Crippen LogP contribution < -0.4 is 10.9 Å². The zero-order valence-electron chi connectivity index (χ0n) is 18.8. The predicted octanol–water partition coefficient (Wildman–Crippen LogP) is 3.96. The van der Waals surface area contributed by atoms with Gasteiger partial charge in [-0.15, -0.1) is 0 Å². The van der Waals surface area contributed by atoms with Crippen LogP contribution in [0.25, 0.3) is 10.9 Å². The number of aryl methyl sites for hydroxylation is 2. The molecular weight excluding hydrogens is 408 g/mol. The topological polar surface area (TPSA) is 64.5 Å². The van der Waals surface area contributed by atoms with Crippen molar-refractivity contribution in [2.75, 3.05) is 26.2 Å². The van der Waals surface area contributed by atoms with E-state index in [1.54, 1.807) is 6.26 Å². The Morgan fingerprint density at radius 3 is 2.61 bits per heavy atom. The maximum Gasteiger partial charge on any atom is 0.253 e. The lowest BCUT2D eigenvalue weighted by molar-refractivity contribution is 0.263. The Kier molecular flexibility index (Phi) is 7.87. The highest BCUT2D eigenvalue weighted by Gasteiger charge is 2.15. The number of thiocarbonyl (C=S) groups is 1. The van der Waals surface area contributed by atoms with E-state index in [0.29, 0.717) is 23.8 Å². The predicted molar refractivity (Wildman–Crippen MR) is 130 cm³/mol. The van der Waals surface area contributed by atoms with Gasteiger partial charge in [-0.2, -0.15) is 0 Å². The molecular formula is C24H32N4O2S. The summed E-state index contributed by atoms with van der Waals surface area (Å²) in [5, 5.41) is 4.96. The van der Waals surface area contributed by atoms with Gasteiger partial charge in [0.1, 0.15) is 5.76 Å². The Balaban J connectivity index is 1.83. The van der Waals surface area contributed by atoms with E-state index in [9.17, 15) is 4.79 Å². The lowest BCUT2D eigenvalue weighted by atomic mass is 10.0. The Morgan fingerprint density at radius 1 is 1.16 bits per heavy atom. The smallest absolute Gasteiger partial charge is 0.253 e. The molecule has 31 heavy (non-hydrogen) atoms. The molecule has 2 aromatic heterocycles. The van der Waals surface area contributed by atoms with E-state index >= 15 is 0 Å². The molecule has 0 radical (unpaired) electrons. The number of nitrogens with one attached hydrogen (secondary N) is 2. The van der Waals surface area contributed by atoms with Crippen molar-refractivity contribution in [2.24, 2.45) is 0 Å². The van der Waals surface area contributed by atoms with Crippen molar-refractivity contribution in [3.05, 3.63) is 69.4 Å². The minimum atomic E-state index is -0.0702. The highest BCUT2D eigenvalue weighted by molar-refractivity contribution is 7.80. The van der Waals surface area contributed by atoms with E-state index in [-0.39, 0.29) is 5.56 Å². The summed E-state index contributed by atoms with van der Waals surface area (Å²) < 4.78 is 5.40. The van der Waals surface area contributed by atoms with Crippen LogP contribution in [0.3, 0.4) is 0 Å². The third-order valence-electron chi connectivity index (χ3n) is 5.61. The Labute approximate surface area is 189 Å². The summed E-state index contributed by atoms with van der Waals surface area (Å²) in [5.41, 5.74) is 3.80. The summed E-state index contributed by atoms with van der Waals surface area (Å²) in [6.07, 6.45) is 1.65. The first-order chi connectivity index (χ1) is 14.9. The van der Waals surface area contributed by atoms with Gasteiger partial charge in [0.25, 0.3) is 5.56 Å². The fourth-order valence-corrected chi connectivity index (χ4v) is 4.01. The van der Waals surface area contributed by atoms with Gasteiger partial charge >= 0.3 is 0 Å². The minimum absolute atomic E-state index is 0.0702. The van der Waals surface area contributed by atoms with Crippen LogP contribution in [0.2, 0.25) is 0 Å². The van der Waals surface area contributed by atoms with Crippen LogP contribution >= 0.6 is 12.2 Å². The molecule has 0 fully saturated rings. The number of aromatic nitrogens is 1. The minimum Gasteiger partial charge on any atom is -0.467 e. The average Bonchev–Trinajstić information content (AvgIpc) is 3.26. The van der Waals surface area contributed by atoms with Gasteiger partial charge in [-0.05, 0) is 74.5 Å². The molecule has 0 aliphatic heterocycles. The fourth-order valence-electron chi connectivity index (χ4n) is 3.78. The maximum atomic E-state index is 12.8. The number of rotatable bonds is 9. The average molecular weight is 441 g/mol. The zero-order valence-corrected chi connectivity index (χ0v) is 19.6. The molecule has 0 spiro atoms. The second-order valence-corrected chi connectivity index (χ2v) is 8.24. The molecule has 0 amide bonds. The molecule has 166 valence electrons. The van der Waals surface area contributed by atoms with Gasteiger partial charge in [-0.1, -0.05) is 19.9 Å². The number of fused-ring (bicyclic) bond motifs is 1. The number of hydrogen-bond acceptors (Lipinski definition) is 4. The number of hydrogen-bond donors (Lipinski definition) is 2. The molecule has 0 saturated heterocycles. The molecule has 0 saturated carbocycles. The molecule has 0 atom stereocenters. The third kappa shape index (κ3) is 5.95. The normalized spacial score (nSPS) is 11.3. The second-order valence-electron chi connectivity index (χ2n) is 7.85. The van der Waals surface area contributed by atoms with E-state index in [4.69, 9.17) is 16.6 Å². The molecule has 2 heterocycles. The van der Waals surface area contributed by atoms with E-state index in [0.717, 1.165) is 54.0 Å². The van der Waals surface area contributed by atoms with Crippen molar-refractivity contribution >= 4 is 28.2 Å². The summed E-state index contributed by atoms with van der Waals surface area (Å²) in [6, 6.07) is 9.92. The SMILES string of the molecule is CCN(CC)CCN(Cc1cc2c(C)cc(C)cc2[nH]c1=O)C(=S)NCc1ccco1. The lowest BCUT2D eigenvalue weighted by Crippen LogP contribution is -2.44. The van der Waals surface area contributed by atoms with E-state index < -0.39 is 0 Å². The summed E-state index contributed by atoms with van der Waals surface area (Å²) >= 11 is 5.70. The summed E-state index contributed by atoms with van der Waals surface area (Å²) in [4.78, 5) is 20.3. The van der Waals surface area contributed by atoms with Crippen molar-refractivity contribution < 1.29 is 4.42 Å². The van der Waals surface area contributed by atoms with Gasteiger partial charge in [0.2, 0.25) is 0 Å². The molecule has 0 bridgehead atoms. The quantitative estimate of drug-likeness (QED) is 0.491. The van der Waals surface area contributed by atoms with Crippen LogP contribution in [0.15, 0.2) is 45.8 Å². The zero-order chi connectivity index (χ0) is 22.4. The fraction of sp³-hybridized carbons (Fsp3) is 0.417. The van der Waals surface area contributed by atoms with Crippen LogP contribution in [0.1, 0.15) is 36.3 Å². The summed E-state index contributed by atoms with van der Waals surface area (Å²) in [5.74, 6) is 0.820. The molecule has 7 heteroatoms. The Bertz CT molecular complexity index is 1070. The van der Waals surface area contributed by atoms with Crippen LogP contribution in [-0.4, -0.2) is 46.1 Å². The van der Waals surface area contributed by atoms with Crippen LogP contribution in [-0.2, 0) is 13.1 Å². The number of nitrogens with zero attached hydrogens (tertiary/aromatic N) is 2. The van der Waals surface area contributed by atoms with Gasteiger partial charge in [-0.3, -0.25) is 4.79 Å². The Hall–Kier alpha value is -2.64.